The van der Waals surface area contributed by atoms with Crippen LogP contribution >= 0.6 is 0 Å². The number of carboxylic acid groups (broad SMARTS) is 1. The zero-order valence-corrected chi connectivity index (χ0v) is 19.4. The van der Waals surface area contributed by atoms with Crippen molar-refractivity contribution in [2.24, 2.45) is 0 Å². The molecule has 0 atom stereocenters. The maximum absolute atomic E-state index is 11.9. The second-order valence-corrected chi connectivity index (χ2v) is 8.79. The van der Waals surface area contributed by atoms with Crippen LogP contribution in [0.3, 0.4) is 0 Å². The topological polar surface area (TPSA) is 71.4 Å². The highest BCUT2D eigenvalue weighted by Crippen LogP contribution is 2.14. The quantitative estimate of drug-likeness (QED) is 0.153. The largest absolute Gasteiger partial charge is 0.481 e. The van der Waals surface area contributed by atoms with E-state index in [1.807, 2.05) is 6.29 Å². The van der Waals surface area contributed by atoms with Gasteiger partial charge in [0.1, 0.15) is 5.78 Å². The van der Waals surface area contributed by atoms with Crippen molar-refractivity contribution in [3.8, 4) is 0 Å². The SMILES string of the molecule is O=[C]CCCCCCCCCCCCC(=O)CCCCCCCCCCCC(=O)O. The summed E-state index contributed by atoms with van der Waals surface area (Å²) < 4.78 is 0. The second kappa shape index (κ2) is 24.1. The van der Waals surface area contributed by atoms with Gasteiger partial charge in [0.05, 0.1) is 0 Å². The van der Waals surface area contributed by atoms with E-state index in [2.05, 4.69) is 0 Å². The Balaban J connectivity index is 3.17. The summed E-state index contributed by atoms with van der Waals surface area (Å²) in [6.07, 6.45) is 26.5. The van der Waals surface area contributed by atoms with E-state index in [-0.39, 0.29) is 0 Å². The lowest BCUT2D eigenvalue weighted by molar-refractivity contribution is -0.137. The van der Waals surface area contributed by atoms with Crippen LogP contribution < -0.4 is 0 Å². The standard InChI is InChI=1S/C26H47O4/c27-24-20-16-12-8-3-1-2-5-9-13-17-21-25(28)22-18-14-10-6-4-7-11-15-19-23-26(29)30/h1-23H2,(H,29,30). The van der Waals surface area contributed by atoms with E-state index in [9.17, 15) is 14.4 Å². The molecule has 4 heteroatoms. The summed E-state index contributed by atoms with van der Waals surface area (Å²) in [4.78, 5) is 32.5. The van der Waals surface area contributed by atoms with Gasteiger partial charge in [-0.1, -0.05) is 96.3 Å². The molecule has 0 heterocycles. The minimum atomic E-state index is -0.686. The lowest BCUT2D eigenvalue weighted by Gasteiger charge is -2.04. The molecular weight excluding hydrogens is 376 g/mol. The first-order chi connectivity index (χ1) is 14.7. The van der Waals surface area contributed by atoms with Crippen molar-refractivity contribution in [3.63, 3.8) is 0 Å². The van der Waals surface area contributed by atoms with Gasteiger partial charge in [-0.25, -0.2) is 0 Å². The van der Waals surface area contributed by atoms with Gasteiger partial charge >= 0.3 is 5.97 Å². The van der Waals surface area contributed by atoms with Gasteiger partial charge in [-0.3, -0.25) is 14.4 Å². The van der Waals surface area contributed by atoms with E-state index in [4.69, 9.17) is 5.11 Å². The van der Waals surface area contributed by atoms with Gasteiger partial charge in [0.25, 0.3) is 0 Å². The molecule has 0 aromatic heterocycles. The average Bonchev–Trinajstić information content (AvgIpc) is 2.72. The molecule has 0 aromatic carbocycles. The van der Waals surface area contributed by atoms with Crippen LogP contribution in [0.4, 0.5) is 0 Å². The van der Waals surface area contributed by atoms with E-state index in [1.54, 1.807) is 0 Å². The number of unbranched alkanes of at least 4 members (excludes halogenated alkanes) is 18. The Morgan fingerprint density at radius 3 is 1.10 bits per heavy atom. The van der Waals surface area contributed by atoms with E-state index in [0.29, 0.717) is 18.6 Å². The summed E-state index contributed by atoms with van der Waals surface area (Å²) in [6, 6.07) is 0. The van der Waals surface area contributed by atoms with Gasteiger partial charge in [-0.2, -0.15) is 0 Å². The Morgan fingerprint density at radius 1 is 0.467 bits per heavy atom. The Morgan fingerprint density at radius 2 is 0.767 bits per heavy atom. The lowest BCUT2D eigenvalue weighted by atomic mass is 10.0. The van der Waals surface area contributed by atoms with Crippen molar-refractivity contribution in [1.29, 1.82) is 0 Å². The molecule has 1 radical (unpaired) electrons. The first-order valence-corrected chi connectivity index (χ1v) is 12.8. The highest BCUT2D eigenvalue weighted by molar-refractivity contribution is 5.78. The summed E-state index contributed by atoms with van der Waals surface area (Å²) in [6.45, 7) is 0. The zero-order valence-electron chi connectivity index (χ0n) is 19.4. The molecule has 1 N–H and O–H groups in total. The monoisotopic (exact) mass is 423 g/mol. The number of carbonyl (C=O) groups excluding carboxylic acids is 2. The molecule has 0 aliphatic carbocycles. The van der Waals surface area contributed by atoms with Gasteiger partial charge in [0.15, 0.2) is 6.29 Å². The van der Waals surface area contributed by atoms with Crippen molar-refractivity contribution < 1.29 is 19.5 Å². The highest BCUT2D eigenvalue weighted by Gasteiger charge is 2.02. The van der Waals surface area contributed by atoms with Crippen LogP contribution in [0.1, 0.15) is 148 Å². The predicted molar refractivity (Wildman–Crippen MR) is 125 cm³/mol. The number of Topliss-reactive ketones (excluding diaryl/α,β-unsaturated/α-hetero) is 1. The van der Waals surface area contributed by atoms with Crippen molar-refractivity contribution in [3.05, 3.63) is 0 Å². The summed E-state index contributed by atoms with van der Waals surface area (Å²) in [5.41, 5.74) is 0. The first-order valence-electron chi connectivity index (χ1n) is 12.8. The molecule has 0 amide bonds. The van der Waals surface area contributed by atoms with E-state index < -0.39 is 5.97 Å². The molecule has 175 valence electrons. The molecule has 0 rings (SSSR count). The fourth-order valence-electron chi connectivity index (χ4n) is 3.89. The molecule has 4 nitrogen and oxygen atoms in total. The number of carboxylic acids is 1. The zero-order chi connectivity index (χ0) is 22.1. The third-order valence-corrected chi connectivity index (χ3v) is 5.83. The normalized spacial score (nSPS) is 10.9. The molecule has 0 unspecified atom stereocenters. The number of carbonyl (C=O) groups is 2. The van der Waals surface area contributed by atoms with E-state index in [0.717, 1.165) is 64.2 Å². The molecule has 0 aliphatic rings. The molecule has 0 saturated heterocycles. The van der Waals surface area contributed by atoms with E-state index >= 15 is 0 Å². The summed E-state index contributed by atoms with van der Waals surface area (Å²) in [7, 11) is 0. The van der Waals surface area contributed by atoms with Crippen LogP contribution in [-0.2, 0) is 14.4 Å². The smallest absolute Gasteiger partial charge is 0.303 e. The van der Waals surface area contributed by atoms with Gasteiger partial charge in [-0.15, -0.1) is 0 Å². The van der Waals surface area contributed by atoms with Crippen LogP contribution in [-0.4, -0.2) is 23.1 Å². The summed E-state index contributed by atoms with van der Waals surface area (Å²) >= 11 is 0. The van der Waals surface area contributed by atoms with Crippen LogP contribution in [0.5, 0.6) is 0 Å². The fourth-order valence-corrected chi connectivity index (χ4v) is 3.89. The third-order valence-electron chi connectivity index (χ3n) is 5.83. The number of aliphatic carboxylic acids is 1. The number of rotatable bonds is 25. The molecular formula is C26H47O4. The molecule has 0 aromatic rings. The van der Waals surface area contributed by atoms with Crippen molar-refractivity contribution in [2.45, 2.75) is 148 Å². The minimum absolute atomic E-state index is 0.304. The second-order valence-electron chi connectivity index (χ2n) is 8.79. The van der Waals surface area contributed by atoms with Gasteiger partial charge in [-0.05, 0) is 25.7 Å². The molecule has 0 aliphatic heterocycles. The van der Waals surface area contributed by atoms with Crippen molar-refractivity contribution in [1.82, 2.24) is 0 Å². The van der Waals surface area contributed by atoms with Crippen molar-refractivity contribution >= 4 is 18.0 Å². The molecule has 0 saturated carbocycles. The highest BCUT2D eigenvalue weighted by atomic mass is 16.4. The Labute approximate surface area is 185 Å². The number of hydrogen-bond donors (Lipinski definition) is 1. The number of hydrogen-bond acceptors (Lipinski definition) is 3. The maximum atomic E-state index is 11.9. The third kappa shape index (κ3) is 24.8. The van der Waals surface area contributed by atoms with E-state index in [1.165, 1.54) is 70.6 Å². The Hall–Kier alpha value is -1.19. The van der Waals surface area contributed by atoms with Gasteiger partial charge in [0, 0.05) is 25.7 Å². The lowest BCUT2D eigenvalue weighted by Crippen LogP contribution is -1.97. The van der Waals surface area contributed by atoms with Gasteiger partial charge in [0.2, 0.25) is 0 Å². The fraction of sp³-hybridized carbons (Fsp3) is 0.885. The minimum Gasteiger partial charge on any atom is -0.481 e. The Bertz CT molecular complexity index is 406. The summed E-state index contributed by atoms with van der Waals surface area (Å²) in [5, 5.41) is 8.58. The molecule has 0 spiro atoms. The summed E-state index contributed by atoms with van der Waals surface area (Å²) in [5.74, 6) is -0.240. The predicted octanol–water partition coefficient (Wildman–Crippen LogP) is 7.72. The van der Waals surface area contributed by atoms with Crippen LogP contribution in [0.25, 0.3) is 0 Å². The van der Waals surface area contributed by atoms with Crippen LogP contribution in [0.15, 0.2) is 0 Å². The first kappa shape index (κ1) is 28.8. The van der Waals surface area contributed by atoms with Crippen LogP contribution in [0, 0.1) is 0 Å². The van der Waals surface area contributed by atoms with Gasteiger partial charge < -0.3 is 5.11 Å². The maximum Gasteiger partial charge on any atom is 0.303 e. The van der Waals surface area contributed by atoms with Crippen molar-refractivity contribution in [2.75, 3.05) is 0 Å². The average molecular weight is 424 g/mol. The number of ketones is 1. The molecule has 0 fully saturated rings. The molecule has 30 heavy (non-hydrogen) atoms. The molecule has 0 bridgehead atoms. The van der Waals surface area contributed by atoms with Crippen LogP contribution in [0.2, 0.25) is 0 Å². The Kier molecular flexibility index (Phi) is 23.1.